The van der Waals surface area contributed by atoms with E-state index in [1.54, 1.807) is 0 Å². The lowest BCUT2D eigenvalue weighted by molar-refractivity contribution is 0.664. The lowest BCUT2D eigenvalue weighted by atomic mass is 9.85. The quantitative estimate of drug-likeness (QED) is 0.173. The second kappa shape index (κ2) is 11.2. The Bertz CT molecular complexity index is 3450. The number of rotatable bonds is 3. The molecule has 0 spiro atoms. The predicted octanol–water partition coefficient (Wildman–Crippen LogP) is 15.1. The van der Waals surface area contributed by atoms with Crippen LogP contribution in [0.15, 0.2) is 191 Å². The van der Waals surface area contributed by atoms with Crippen LogP contribution in [0.4, 0.5) is 0 Å². The molecule has 2 nitrogen and oxygen atoms in total. The first kappa shape index (κ1) is 29.4. The first-order valence-corrected chi connectivity index (χ1v) is 18.5. The van der Waals surface area contributed by atoms with Crippen LogP contribution in [0.1, 0.15) is 0 Å². The molecule has 2 aromatic heterocycles. The molecule has 12 aromatic rings. The molecule has 10 aromatic carbocycles. The summed E-state index contributed by atoms with van der Waals surface area (Å²) < 4.78 is 13.5. The third-order valence-electron chi connectivity index (χ3n) is 11.4. The van der Waals surface area contributed by atoms with Crippen molar-refractivity contribution in [1.29, 1.82) is 0 Å². The third kappa shape index (κ3) is 4.22. The van der Waals surface area contributed by atoms with Gasteiger partial charge in [0.2, 0.25) is 0 Å². The number of benzene rings is 10. The van der Waals surface area contributed by atoms with Crippen LogP contribution in [0.25, 0.3) is 120 Å². The molecule has 2 heterocycles. The Morgan fingerprint density at radius 2 is 0.815 bits per heavy atom. The van der Waals surface area contributed by atoms with E-state index in [-0.39, 0.29) is 0 Å². The fourth-order valence-corrected chi connectivity index (χ4v) is 8.95. The molecule has 0 aliphatic rings. The molecule has 54 heavy (non-hydrogen) atoms. The molecular weight excluding hydrogens is 657 g/mol. The van der Waals surface area contributed by atoms with Gasteiger partial charge in [-0.2, -0.15) is 0 Å². The van der Waals surface area contributed by atoms with E-state index in [4.69, 9.17) is 8.83 Å². The minimum atomic E-state index is 0.838. The molecule has 0 atom stereocenters. The first-order chi connectivity index (χ1) is 26.8. The normalized spacial score (nSPS) is 12.1. The Hall–Kier alpha value is -7.16. The van der Waals surface area contributed by atoms with E-state index in [0.29, 0.717) is 0 Å². The number of fused-ring (bicyclic) bond motifs is 11. The van der Waals surface area contributed by atoms with Crippen molar-refractivity contribution in [3.8, 4) is 33.4 Å². The largest absolute Gasteiger partial charge is 0.455 e. The number of furan rings is 2. The summed E-state index contributed by atoms with van der Waals surface area (Å²) in [7, 11) is 0. The maximum absolute atomic E-state index is 6.87. The molecular formula is C52H30O2. The minimum absolute atomic E-state index is 0.838. The summed E-state index contributed by atoms with van der Waals surface area (Å²) >= 11 is 0. The average molecular weight is 687 g/mol. The molecule has 0 saturated heterocycles. The van der Waals surface area contributed by atoms with Crippen LogP contribution in [0.2, 0.25) is 0 Å². The highest BCUT2D eigenvalue weighted by atomic mass is 16.3. The summed E-state index contributed by atoms with van der Waals surface area (Å²) in [5, 5.41) is 14.0. The van der Waals surface area contributed by atoms with Crippen molar-refractivity contribution >= 4 is 87.0 Å². The first-order valence-electron chi connectivity index (χ1n) is 18.5. The zero-order chi connectivity index (χ0) is 35.3. The van der Waals surface area contributed by atoms with E-state index >= 15 is 0 Å². The molecule has 0 amide bonds. The zero-order valence-corrected chi connectivity index (χ0v) is 29.1. The molecule has 0 radical (unpaired) electrons. The molecule has 0 saturated carbocycles. The maximum Gasteiger partial charge on any atom is 0.147 e. The van der Waals surface area contributed by atoms with Crippen molar-refractivity contribution in [3.63, 3.8) is 0 Å². The molecule has 12 rings (SSSR count). The second-order valence-electron chi connectivity index (χ2n) is 14.4. The zero-order valence-electron chi connectivity index (χ0n) is 29.1. The van der Waals surface area contributed by atoms with Crippen LogP contribution >= 0.6 is 0 Å². The molecule has 2 heteroatoms. The highest BCUT2D eigenvalue weighted by molar-refractivity contribution is 6.27. The molecule has 250 valence electrons. The molecule has 0 aliphatic heterocycles. The molecule has 0 N–H and O–H groups in total. The smallest absolute Gasteiger partial charge is 0.147 e. The van der Waals surface area contributed by atoms with Crippen molar-refractivity contribution in [1.82, 2.24) is 0 Å². The van der Waals surface area contributed by atoms with Crippen molar-refractivity contribution in [2.75, 3.05) is 0 Å². The number of hydrogen-bond donors (Lipinski definition) is 0. The monoisotopic (exact) mass is 686 g/mol. The fraction of sp³-hybridized carbons (Fsp3) is 0. The van der Waals surface area contributed by atoms with E-state index in [9.17, 15) is 0 Å². The van der Waals surface area contributed by atoms with Crippen LogP contribution in [-0.2, 0) is 0 Å². The summed E-state index contributed by atoms with van der Waals surface area (Å²) in [6, 6.07) is 65.7. The lowest BCUT2D eigenvalue weighted by Gasteiger charge is -2.18. The number of hydrogen-bond acceptors (Lipinski definition) is 2. The van der Waals surface area contributed by atoms with E-state index in [1.807, 2.05) is 6.07 Å². The van der Waals surface area contributed by atoms with E-state index in [0.717, 1.165) is 66.0 Å². The van der Waals surface area contributed by atoms with Gasteiger partial charge >= 0.3 is 0 Å². The van der Waals surface area contributed by atoms with Crippen LogP contribution in [0, 0.1) is 0 Å². The minimum Gasteiger partial charge on any atom is -0.455 e. The Morgan fingerprint density at radius 3 is 1.52 bits per heavy atom. The van der Waals surface area contributed by atoms with Gasteiger partial charge < -0.3 is 8.83 Å². The van der Waals surface area contributed by atoms with Gasteiger partial charge in [-0.05, 0) is 107 Å². The van der Waals surface area contributed by atoms with Crippen LogP contribution < -0.4 is 0 Å². The molecule has 0 unspecified atom stereocenters. The standard InChI is InChI=1S/C52H30O2/c1-2-13-32-26-37(25-24-31(32)12-1)49-41-21-7-5-19-39(41)48(40-20-6-8-22-42(40)49)36-17-11-16-35(27-36)43-30-44-38-18-9-10-23-46(38)53-52(44)50-45-28-33-14-3-4-15-34(33)29-47(45)54-51(43)50/h1-30H. The highest BCUT2D eigenvalue weighted by Gasteiger charge is 2.22. The summed E-state index contributed by atoms with van der Waals surface area (Å²) in [5.41, 5.74) is 10.5. The Morgan fingerprint density at radius 1 is 0.278 bits per heavy atom. The Balaban J connectivity index is 1.14. The van der Waals surface area contributed by atoms with Gasteiger partial charge in [0.05, 0.1) is 5.39 Å². The van der Waals surface area contributed by atoms with E-state index in [2.05, 4.69) is 176 Å². The van der Waals surface area contributed by atoms with Crippen LogP contribution in [0.5, 0.6) is 0 Å². The van der Waals surface area contributed by atoms with Gasteiger partial charge in [-0.1, -0.05) is 146 Å². The second-order valence-corrected chi connectivity index (χ2v) is 14.4. The van der Waals surface area contributed by atoms with Gasteiger partial charge in [0.1, 0.15) is 22.3 Å². The summed E-state index contributed by atoms with van der Waals surface area (Å²) in [6.07, 6.45) is 0. The van der Waals surface area contributed by atoms with Crippen molar-refractivity contribution in [3.05, 3.63) is 182 Å². The van der Waals surface area contributed by atoms with Gasteiger partial charge in [-0.25, -0.2) is 0 Å². The summed E-state index contributed by atoms with van der Waals surface area (Å²) in [4.78, 5) is 0. The fourth-order valence-electron chi connectivity index (χ4n) is 8.95. The topological polar surface area (TPSA) is 26.3 Å². The van der Waals surface area contributed by atoms with Gasteiger partial charge in [-0.3, -0.25) is 0 Å². The SMILES string of the molecule is c1cc(-c2c3ccccc3c(-c3ccc4ccccc4c3)c3ccccc23)cc(-c2cc3c4ccccc4oc3c3c2oc2cc4ccccc4cc23)c1. The van der Waals surface area contributed by atoms with Crippen molar-refractivity contribution in [2.24, 2.45) is 0 Å². The van der Waals surface area contributed by atoms with E-state index < -0.39 is 0 Å². The summed E-state index contributed by atoms with van der Waals surface area (Å²) in [6.45, 7) is 0. The van der Waals surface area contributed by atoms with Gasteiger partial charge in [-0.15, -0.1) is 0 Å². The summed E-state index contributed by atoms with van der Waals surface area (Å²) in [5.74, 6) is 0. The molecule has 0 fully saturated rings. The third-order valence-corrected chi connectivity index (χ3v) is 11.4. The predicted molar refractivity (Wildman–Crippen MR) is 227 cm³/mol. The van der Waals surface area contributed by atoms with Crippen molar-refractivity contribution in [2.45, 2.75) is 0 Å². The molecule has 0 aliphatic carbocycles. The van der Waals surface area contributed by atoms with Crippen LogP contribution in [0.3, 0.4) is 0 Å². The number of para-hydroxylation sites is 1. The van der Waals surface area contributed by atoms with Gasteiger partial charge in [0, 0.05) is 21.7 Å². The maximum atomic E-state index is 6.87. The lowest BCUT2D eigenvalue weighted by Crippen LogP contribution is -1.91. The average Bonchev–Trinajstić information content (AvgIpc) is 3.79. The highest BCUT2D eigenvalue weighted by Crippen LogP contribution is 2.48. The van der Waals surface area contributed by atoms with E-state index in [1.165, 1.54) is 54.4 Å². The Kier molecular flexibility index (Phi) is 6.09. The van der Waals surface area contributed by atoms with Gasteiger partial charge in [0.15, 0.2) is 0 Å². The van der Waals surface area contributed by atoms with Crippen molar-refractivity contribution < 1.29 is 8.83 Å². The Labute approximate surface area is 310 Å². The molecule has 0 bridgehead atoms. The van der Waals surface area contributed by atoms with Gasteiger partial charge in [0.25, 0.3) is 0 Å². The van der Waals surface area contributed by atoms with Crippen LogP contribution in [-0.4, -0.2) is 0 Å².